The molecule has 2 heterocycles. The summed E-state index contributed by atoms with van der Waals surface area (Å²) in [6, 6.07) is 0. The van der Waals surface area contributed by atoms with E-state index in [1.54, 1.807) is 39.0 Å². The third-order valence-electron chi connectivity index (χ3n) is 9.80. The first kappa shape index (κ1) is 55.1. The van der Waals surface area contributed by atoms with Crippen LogP contribution in [0.15, 0.2) is 119 Å². The Bertz CT molecular complexity index is 1880. The normalized spacial score (nSPS) is 28.0. The largest absolute Gasteiger partial charge is 0.463 e. The summed E-state index contributed by atoms with van der Waals surface area (Å²) in [4.78, 5) is 48.3. The molecule has 64 heavy (non-hydrogen) atoms. The van der Waals surface area contributed by atoms with Crippen LogP contribution in [0.25, 0.3) is 0 Å². The summed E-state index contributed by atoms with van der Waals surface area (Å²) >= 11 is 0. The van der Waals surface area contributed by atoms with Gasteiger partial charge in [0.15, 0.2) is 0 Å². The molecule has 2 saturated heterocycles. The van der Waals surface area contributed by atoms with Crippen LogP contribution in [0.1, 0.15) is 81.1 Å². The van der Waals surface area contributed by atoms with Gasteiger partial charge in [-0.05, 0) is 54.4 Å². The zero-order valence-electron chi connectivity index (χ0n) is 37.9. The Morgan fingerprint density at radius 3 is 1.33 bits per heavy atom. The Morgan fingerprint density at radius 2 is 0.891 bits per heavy atom. The maximum atomic E-state index is 12.7. The second-order valence-electron chi connectivity index (χ2n) is 15.4. The predicted molar refractivity (Wildman–Crippen MR) is 236 cm³/mol. The molecule has 6 N–H and O–H groups in total. The van der Waals surface area contributed by atoms with Gasteiger partial charge < -0.3 is 59.1 Å². The van der Waals surface area contributed by atoms with E-state index in [1.807, 2.05) is 88.5 Å². The van der Waals surface area contributed by atoms with Crippen molar-refractivity contribution in [3.05, 3.63) is 119 Å². The lowest BCUT2D eigenvalue weighted by Crippen LogP contribution is -2.59. The lowest BCUT2D eigenvalue weighted by Gasteiger charge is -2.39. The second kappa shape index (κ2) is 28.7. The molecule has 16 nitrogen and oxygen atoms in total. The summed E-state index contributed by atoms with van der Waals surface area (Å²) in [7, 11) is 0. The molecule has 0 aromatic heterocycles. The molecule has 0 aliphatic carbocycles. The molecule has 0 amide bonds. The SMILES string of the molecule is CCC(=O)OCC1OC(OC(=O)C(C)=CC=CC(C)=CC=CC(C)=CC=CC=C(C)C=CC=C(C)CCC=C(C)C(=O)OC2OC(COC(=O)CC)C(O)C(O)C2O)C(O)C(O)C1O. The number of aliphatic hydroxyl groups excluding tert-OH is 6. The molecule has 0 spiro atoms. The fraction of sp³-hybridized carbons (Fsp3) is 0.500. The molecule has 0 aromatic carbocycles. The number of hydrogen-bond donors (Lipinski definition) is 6. The van der Waals surface area contributed by atoms with E-state index in [-0.39, 0.29) is 37.2 Å². The summed E-state index contributed by atoms with van der Waals surface area (Å²) in [5.74, 6) is -2.65. The molecular weight excluding hydrogens is 833 g/mol. The Kier molecular flexibility index (Phi) is 24.7. The van der Waals surface area contributed by atoms with Crippen molar-refractivity contribution in [2.45, 2.75) is 142 Å². The summed E-state index contributed by atoms with van der Waals surface area (Å²) in [6.45, 7) is 13.3. The molecule has 2 fully saturated rings. The van der Waals surface area contributed by atoms with E-state index in [0.717, 1.165) is 22.3 Å². The van der Waals surface area contributed by atoms with Gasteiger partial charge in [0.1, 0.15) is 62.0 Å². The topological polar surface area (TPSA) is 245 Å². The predicted octanol–water partition coefficient (Wildman–Crippen LogP) is 4.28. The molecule has 10 atom stereocenters. The minimum absolute atomic E-state index is 0.0983. The quantitative estimate of drug-likeness (QED) is 0.0408. The minimum atomic E-state index is -1.71. The molecular formula is C48H66O16. The first-order chi connectivity index (χ1) is 30.3. The molecule has 0 aromatic rings. The molecule has 16 heteroatoms. The fourth-order valence-corrected chi connectivity index (χ4v) is 5.65. The maximum Gasteiger partial charge on any atom is 0.336 e. The highest BCUT2D eigenvalue weighted by Crippen LogP contribution is 2.25. The third kappa shape index (κ3) is 19.4. The molecule has 0 saturated carbocycles. The van der Waals surface area contributed by atoms with E-state index in [0.29, 0.717) is 12.8 Å². The van der Waals surface area contributed by atoms with Gasteiger partial charge in [0.2, 0.25) is 12.6 Å². The van der Waals surface area contributed by atoms with Gasteiger partial charge in [-0.2, -0.15) is 0 Å². The van der Waals surface area contributed by atoms with Crippen molar-refractivity contribution in [1.82, 2.24) is 0 Å². The number of ether oxygens (including phenoxy) is 6. The molecule has 2 aliphatic rings. The highest BCUT2D eigenvalue weighted by Gasteiger charge is 2.47. The van der Waals surface area contributed by atoms with Crippen LogP contribution in [0.2, 0.25) is 0 Å². The van der Waals surface area contributed by atoms with Crippen molar-refractivity contribution in [1.29, 1.82) is 0 Å². The Labute approximate surface area is 375 Å². The summed E-state index contributed by atoms with van der Waals surface area (Å²) in [6.07, 6.45) is 12.1. The van der Waals surface area contributed by atoms with Crippen molar-refractivity contribution in [2.24, 2.45) is 0 Å². The van der Waals surface area contributed by atoms with Crippen LogP contribution >= 0.6 is 0 Å². The number of rotatable bonds is 21. The maximum absolute atomic E-state index is 12.7. The lowest BCUT2D eigenvalue weighted by atomic mass is 9.99. The molecule has 10 unspecified atom stereocenters. The van der Waals surface area contributed by atoms with Gasteiger partial charge in [0.25, 0.3) is 0 Å². The van der Waals surface area contributed by atoms with Crippen molar-refractivity contribution >= 4 is 23.9 Å². The van der Waals surface area contributed by atoms with Crippen LogP contribution in [-0.2, 0) is 47.6 Å². The zero-order chi connectivity index (χ0) is 47.9. The third-order valence-corrected chi connectivity index (χ3v) is 9.80. The number of carbonyl (C=O) groups excluding carboxylic acids is 4. The van der Waals surface area contributed by atoms with Crippen molar-refractivity contribution in [2.75, 3.05) is 13.2 Å². The van der Waals surface area contributed by atoms with Crippen LogP contribution in [0.4, 0.5) is 0 Å². The molecule has 2 rings (SSSR count). The number of carbonyl (C=O) groups is 4. The average molecular weight is 899 g/mol. The number of allylic oxidation sites excluding steroid dienone is 18. The van der Waals surface area contributed by atoms with Gasteiger partial charge in [-0.25, -0.2) is 9.59 Å². The Hall–Kier alpha value is -5.04. The van der Waals surface area contributed by atoms with E-state index in [2.05, 4.69) is 0 Å². The van der Waals surface area contributed by atoms with Gasteiger partial charge in [-0.1, -0.05) is 121 Å². The van der Waals surface area contributed by atoms with Gasteiger partial charge in [0, 0.05) is 24.0 Å². The van der Waals surface area contributed by atoms with Crippen LogP contribution in [-0.4, -0.2) is 129 Å². The summed E-state index contributed by atoms with van der Waals surface area (Å²) in [5.41, 5.74) is 4.46. The van der Waals surface area contributed by atoms with Crippen molar-refractivity contribution < 1.29 is 78.2 Å². The fourth-order valence-electron chi connectivity index (χ4n) is 5.65. The van der Waals surface area contributed by atoms with Gasteiger partial charge in [0.05, 0.1) is 0 Å². The molecule has 0 radical (unpaired) electrons. The number of esters is 4. The van der Waals surface area contributed by atoms with Crippen molar-refractivity contribution in [3.63, 3.8) is 0 Å². The van der Waals surface area contributed by atoms with E-state index in [1.165, 1.54) is 13.0 Å². The second-order valence-corrected chi connectivity index (χ2v) is 15.4. The van der Waals surface area contributed by atoms with Crippen LogP contribution in [0, 0.1) is 0 Å². The molecule has 0 bridgehead atoms. The minimum Gasteiger partial charge on any atom is -0.463 e. The molecule has 354 valence electrons. The number of hydrogen-bond acceptors (Lipinski definition) is 16. The lowest BCUT2D eigenvalue weighted by molar-refractivity contribution is -0.292. The molecule has 2 aliphatic heterocycles. The van der Waals surface area contributed by atoms with Gasteiger partial charge in [-0.15, -0.1) is 0 Å². The van der Waals surface area contributed by atoms with E-state index >= 15 is 0 Å². The summed E-state index contributed by atoms with van der Waals surface area (Å²) in [5, 5.41) is 61.3. The smallest absolute Gasteiger partial charge is 0.336 e. The monoisotopic (exact) mass is 898 g/mol. The van der Waals surface area contributed by atoms with E-state index in [4.69, 9.17) is 28.4 Å². The standard InChI is InChI=1S/C48H66O16/c1-9-37(49)59-27-35-39(51)41(53)43(55)47(61-35)63-45(57)33(7)25-15-23-31(5)21-13-19-29(3)17-11-12-18-30(4)20-14-22-32(6)24-16-26-34(8)46(58)64-48-44(56)42(54)40(52)36(62-48)28-60-38(50)10-2/h11-15,17-23,25-26,35-36,39-44,47-48,51-56H,9-10,16,24,27-28H2,1-8H3. The van der Waals surface area contributed by atoms with Crippen molar-refractivity contribution in [3.8, 4) is 0 Å². The zero-order valence-corrected chi connectivity index (χ0v) is 37.9. The van der Waals surface area contributed by atoms with E-state index < -0.39 is 85.3 Å². The van der Waals surface area contributed by atoms with Crippen LogP contribution in [0.3, 0.4) is 0 Å². The Balaban J connectivity index is 1.81. The first-order valence-electron chi connectivity index (χ1n) is 21.1. The average Bonchev–Trinajstić information content (AvgIpc) is 3.26. The number of aliphatic hydroxyl groups is 6. The Morgan fingerprint density at radius 1 is 0.500 bits per heavy atom. The first-order valence-corrected chi connectivity index (χ1v) is 21.1. The van der Waals surface area contributed by atoms with Gasteiger partial charge >= 0.3 is 23.9 Å². The summed E-state index contributed by atoms with van der Waals surface area (Å²) < 4.78 is 31.3. The van der Waals surface area contributed by atoms with Gasteiger partial charge in [-0.3, -0.25) is 9.59 Å². The highest BCUT2D eigenvalue weighted by molar-refractivity contribution is 5.88. The highest BCUT2D eigenvalue weighted by atomic mass is 16.7. The van der Waals surface area contributed by atoms with E-state index in [9.17, 15) is 49.8 Å². The van der Waals surface area contributed by atoms with Crippen LogP contribution in [0.5, 0.6) is 0 Å². The van der Waals surface area contributed by atoms with Crippen LogP contribution < -0.4 is 0 Å².